The van der Waals surface area contributed by atoms with Gasteiger partial charge < -0.3 is 19.8 Å². The molecule has 0 radical (unpaired) electrons. The second-order valence-corrected chi connectivity index (χ2v) is 9.24. The van der Waals surface area contributed by atoms with Gasteiger partial charge in [0.1, 0.15) is 10.6 Å². The first-order chi connectivity index (χ1) is 15.9. The van der Waals surface area contributed by atoms with Gasteiger partial charge in [0.2, 0.25) is 10.0 Å². The number of ether oxygens (including phenoxy) is 2. The van der Waals surface area contributed by atoms with Gasteiger partial charge in [-0.15, -0.1) is 0 Å². The number of aromatic nitrogens is 1. The molecule has 2 aromatic carbocycles. The Labute approximate surface area is 191 Å². The maximum Gasteiger partial charge on any atom is 0.355 e. The number of anilines is 1. The van der Waals surface area contributed by atoms with Crippen molar-refractivity contribution < 1.29 is 27.5 Å². The summed E-state index contributed by atoms with van der Waals surface area (Å²) >= 11 is 0. The second kappa shape index (κ2) is 9.99. The van der Waals surface area contributed by atoms with Crippen molar-refractivity contribution in [1.29, 1.82) is 0 Å². The van der Waals surface area contributed by atoms with Crippen LogP contribution in [0.4, 0.5) is 5.69 Å². The predicted octanol–water partition coefficient (Wildman–Crippen LogP) is 2.50. The molecule has 1 aromatic heterocycles. The number of H-pyrrole nitrogens is 1. The largest absolute Gasteiger partial charge is 0.451 e. The normalized spacial score (nSPS) is 14.5. The predicted molar refractivity (Wildman–Crippen MR) is 121 cm³/mol. The summed E-state index contributed by atoms with van der Waals surface area (Å²) in [6.07, 6.45) is 1.23. The maximum atomic E-state index is 12.7. The first-order valence-electron chi connectivity index (χ1n) is 10.3. The van der Waals surface area contributed by atoms with E-state index in [1.54, 1.807) is 12.1 Å². The molecule has 0 aliphatic carbocycles. The molecule has 33 heavy (non-hydrogen) atoms. The van der Waals surface area contributed by atoms with E-state index in [2.05, 4.69) is 10.3 Å². The number of aromatic amines is 1. The highest BCUT2D eigenvalue weighted by molar-refractivity contribution is 7.89. The van der Waals surface area contributed by atoms with Crippen LogP contribution in [-0.4, -0.2) is 62.5 Å². The lowest BCUT2D eigenvalue weighted by molar-refractivity contribution is -0.119. The fraction of sp³-hybridized carbons (Fsp3) is 0.217. The molecule has 4 rings (SSSR count). The van der Waals surface area contributed by atoms with Crippen LogP contribution < -0.4 is 5.32 Å². The van der Waals surface area contributed by atoms with Crippen molar-refractivity contribution in [2.75, 3.05) is 38.2 Å². The van der Waals surface area contributed by atoms with Gasteiger partial charge in [0.15, 0.2) is 6.61 Å². The lowest BCUT2D eigenvalue weighted by Crippen LogP contribution is -2.40. The Morgan fingerprint density at radius 3 is 2.48 bits per heavy atom. The molecule has 3 aromatic rings. The van der Waals surface area contributed by atoms with Crippen LogP contribution in [0.3, 0.4) is 0 Å². The summed E-state index contributed by atoms with van der Waals surface area (Å²) in [6.45, 7) is 0.616. The Bertz CT molecular complexity index is 1230. The van der Waals surface area contributed by atoms with Gasteiger partial charge in [-0.3, -0.25) is 4.79 Å². The molecule has 0 unspecified atom stereocenters. The molecule has 1 amide bonds. The smallest absolute Gasteiger partial charge is 0.355 e. The molecule has 1 aliphatic heterocycles. The van der Waals surface area contributed by atoms with Crippen LogP contribution in [0.2, 0.25) is 0 Å². The number of carbonyl (C=O) groups excluding carboxylic acids is 2. The minimum atomic E-state index is -3.74. The zero-order valence-electron chi connectivity index (χ0n) is 17.7. The van der Waals surface area contributed by atoms with E-state index in [-0.39, 0.29) is 23.7 Å². The highest BCUT2D eigenvalue weighted by Crippen LogP contribution is 2.27. The van der Waals surface area contributed by atoms with Gasteiger partial charge in [-0.25, -0.2) is 13.2 Å². The maximum absolute atomic E-state index is 12.7. The number of sulfonamides is 1. The van der Waals surface area contributed by atoms with Crippen LogP contribution in [0.5, 0.6) is 0 Å². The lowest BCUT2D eigenvalue weighted by Gasteiger charge is -2.25. The summed E-state index contributed by atoms with van der Waals surface area (Å²) in [5.74, 6) is -1.34. The summed E-state index contributed by atoms with van der Waals surface area (Å²) in [4.78, 5) is 27.3. The van der Waals surface area contributed by atoms with E-state index >= 15 is 0 Å². The third-order valence-corrected chi connectivity index (χ3v) is 6.98. The van der Waals surface area contributed by atoms with E-state index < -0.39 is 28.5 Å². The first kappa shape index (κ1) is 22.7. The average molecular weight is 470 g/mol. The number of amides is 1. The van der Waals surface area contributed by atoms with Crippen molar-refractivity contribution in [1.82, 2.24) is 9.29 Å². The molecule has 172 valence electrons. The quantitative estimate of drug-likeness (QED) is 0.514. The molecule has 10 heteroatoms. The topological polar surface area (TPSA) is 118 Å². The molecule has 0 atom stereocenters. The molecule has 1 saturated heterocycles. The van der Waals surface area contributed by atoms with Crippen LogP contribution >= 0.6 is 0 Å². The molecular weight excluding hydrogens is 446 g/mol. The van der Waals surface area contributed by atoms with Crippen LogP contribution in [-0.2, 0) is 24.3 Å². The summed E-state index contributed by atoms with van der Waals surface area (Å²) in [6, 6.07) is 18.1. The summed E-state index contributed by atoms with van der Waals surface area (Å²) in [7, 11) is -3.74. The highest BCUT2D eigenvalue weighted by atomic mass is 32.2. The standard InChI is InChI=1S/C23H23N3O6S/c27-22(25-20-9-5-4-8-19(20)17-6-2-1-3-7-17)16-32-23(28)21-14-18(15-24-21)33(29,30)26-10-12-31-13-11-26/h1-9,14-15,24H,10-13,16H2,(H,25,27). The Morgan fingerprint density at radius 1 is 1.03 bits per heavy atom. The third-order valence-electron chi connectivity index (χ3n) is 5.10. The minimum absolute atomic E-state index is 0.0439. The van der Waals surface area contributed by atoms with E-state index in [1.807, 2.05) is 42.5 Å². The van der Waals surface area contributed by atoms with Crippen molar-refractivity contribution in [2.45, 2.75) is 4.90 Å². The van der Waals surface area contributed by atoms with Gasteiger partial charge in [0, 0.05) is 30.5 Å². The fourth-order valence-corrected chi connectivity index (χ4v) is 4.84. The molecule has 2 heterocycles. The average Bonchev–Trinajstić information content (AvgIpc) is 3.35. The zero-order valence-corrected chi connectivity index (χ0v) is 18.5. The Balaban J connectivity index is 1.37. The van der Waals surface area contributed by atoms with E-state index in [0.717, 1.165) is 11.1 Å². The SMILES string of the molecule is O=C(COC(=O)c1cc(S(=O)(=O)N2CCOCC2)c[nH]1)Nc1ccccc1-c1ccccc1. The Morgan fingerprint density at radius 2 is 1.73 bits per heavy atom. The number of esters is 1. The number of nitrogens with zero attached hydrogens (tertiary/aromatic N) is 1. The number of hydrogen-bond acceptors (Lipinski definition) is 6. The van der Waals surface area contributed by atoms with Crippen molar-refractivity contribution >= 4 is 27.6 Å². The summed E-state index contributed by atoms with van der Waals surface area (Å²) in [5, 5.41) is 2.75. The molecular formula is C23H23N3O6S. The molecule has 0 saturated carbocycles. The summed E-state index contributed by atoms with van der Waals surface area (Å²) < 4.78 is 36.9. The molecule has 1 aliphatic rings. The van der Waals surface area contributed by atoms with Crippen LogP contribution in [0.25, 0.3) is 11.1 Å². The number of para-hydroxylation sites is 1. The van der Waals surface area contributed by atoms with E-state index in [4.69, 9.17) is 9.47 Å². The first-order valence-corrected chi connectivity index (χ1v) is 11.8. The molecule has 0 bridgehead atoms. The van der Waals surface area contributed by atoms with Gasteiger partial charge in [-0.2, -0.15) is 4.31 Å². The number of hydrogen-bond donors (Lipinski definition) is 2. The van der Waals surface area contributed by atoms with E-state index in [0.29, 0.717) is 18.9 Å². The van der Waals surface area contributed by atoms with Gasteiger partial charge in [-0.1, -0.05) is 48.5 Å². The number of rotatable bonds is 7. The monoisotopic (exact) mass is 469 g/mol. The number of nitrogens with one attached hydrogen (secondary N) is 2. The van der Waals surface area contributed by atoms with Crippen LogP contribution in [0.15, 0.2) is 71.8 Å². The van der Waals surface area contributed by atoms with Crippen molar-refractivity contribution in [3.05, 3.63) is 72.6 Å². The van der Waals surface area contributed by atoms with Gasteiger partial charge >= 0.3 is 5.97 Å². The van der Waals surface area contributed by atoms with E-state index in [9.17, 15) is 18.0 Å². The van der Waals surface area contributed by atoms with Crippen LogP contribution in [0, 0.1) is 0 Å². The Hall–Kier alpha value is -3.47. The summed E-state index contributed by atoms with van der Waals surface area (Å²) in [5.41, 5.74) is 2.30. The van der Waals surface area contributed by atoms with Crippen LogP contribution in [0.1, 0.15) is 10.5 Å². The number of carbonyl (C=O) groups is 2. The highest BCUT2D eigenvalue weighted by Gasteiger charge is 2.28. The van der Waals surface area contributed by atoms with Crippen molar-refractivity contribution in [2.24, 2.45) is 0 Å². The second-order valence-electron chi connectivity index (χ2n) is 7.30. The third kappa shape index (κ3) is 5.30. The fourth-order valence-electron chi connectivity index (χ4n) is 3.43. The molecule has 2 N–H and O–H groups in total. The molecule has 1 fully saturated rings. The number of morpholine rings is 1. The molecule has 9 nitrogen and oxygen atoms in total. The molecule has 0 spiro atoms. The van der Waals surface area contributed by atoms with Crippen molar-refractivity contribution in [3.63, 3.8) is 0 Å². The van der Waals surface area contributed by atoms with Gasteiger partial charge in [-0.05, 0) is 17.7 Å². The number of benzene rings is 2. The van der Waals surface area contributed by atoms with Crippen molar-refractivity contribution in [3.8, 4) is 11.1 Å². The van der Waals surface area contributed by atoms with Gasteiger partial charge in [0.05, 0.1) is 13.2 Å². The Kier molecular flexibility index (Phi) is 6.87. The zero-order chi connectivity index (χ0) is 23.3. The van der Waals surface area contributed by atoms with E-state index in [1.165, 1.54) is 16.6 Å². The van der Waals surface area contributed by atoms with Gasteiger partial charge in [0.25, 0.3) is 5.91 Å². The minimum Gasteiger partial charge on any atom is -0.451 e. The lowest BCUT2D eigenvalue weighted by atomic mass is 10.0.